The van der Waals surface area contributed by atoms with Crippen LogP contribution in [0.15, 0.2) is 18.2 Å². The van der Waals surface area contributed by atoms with Crippen LogP contribution in [-0.2, 0) is 6.18 Å². The van der Waals surface area contributed by atoms with Gasteiger partial charge in [0, 0.05) is 17.4 Å². The lowest BCUT2D eigenvalue weighted by molar-refractivity contribution is -0.136. The molecule has 0 aliphatic heterocycles. The van der Waals surface area contributed by atoms with E-state index in [1.807, 2.05) is 0 Å². The van der Waals surface area contributed by atoms with Crippen molar-refractivity contribution in [3.8, 4) is 0 Å². The second kappa shape index (κ2) is 5.72. The van der Waals surface area contributed by atoms with Gasteiger partial charge in [0.15, 0.2) is 0 Å². The van der Waals surface area contributed by atoms with E-state index in [1.54, 1.807) is 6.07 Å². The van der Waals surface area contributed by atoms with E-state index in [1.165, 1.54) is 18.9 Å². The Labute approximate surface area is 111 Å². The van der Waals surface area contributed by atoms with Gasteiger partial charge in [-0.25, -0.2) is 0 Å². The van der Waals surface area contributed by atoms with Crippen LogP contribution in [0.4, 0.5) is 24.5 Å². The Morgan fingerprint density at radius 1 is 1.05 bits per heavy atom. The van der Waals surface area contributed by atoms with Crippen molar-refractivity contribution in [3.63, 3.8) is 0 Å². The Kier molecular flexibility index (Phi) is 4.22. The van der Waals surface area contributed by atoms with Crippen LogP contribution in [0.2, 0.25) is 0 Å². The number of hydrogen-bond acceptors (Lipinski definition) is 2. The second-order valence-corrected chi connectivity index (χ2v) is 5.13. The molecule has 0 amide bonds. The van der Waals surface area contributed by atoms with E-state index in [0.29, 0.717) is 5.69 Å². The number of benzene rings is 1. The van der Waals surface area contributed by atoms with E-state index in [2.05, 4.69) is 5.32 Å². The van der Waals surface area contributed by atoms with Crippen LogP contribution in [0.25, 0.3) is 0 Å². The summed E-state index contributed by atoms with van der Waals surface area (Å²) in [6.07, 6.45) is 2.35. The molecule has 106 valence electrons. The Bertz CT molecular complexity index is 421. The van der Waals surface area contributed by atoms with Crippen molar-refractivity contribution in [1.82, 2.24) is 0 Å². The van der Waals surface area contributed by atoms with Crippen LogP contribution >= 0.6 is 0 Å². The van der Waals surface area contributed by atoms with Gasteiger partial charge in [0.25, 0.3) is 0 Å². The third-order valence-corrected chi connectivity index (χ3v) is 3.58. The third-order valence-electron chi connectivity index (χ3n) is 3.58. The van der Waals surface area contributed by atoms with Gasteiger partial charge < -0.3 is 11.1 Å². The standard InChI is InChI=1S/C14H19F3N2/c15-14(16,17)12-9-11(7-8-13(12)18)19-10-5-3-1-2-4-6-10/h7-10,19H,1-6,18H2. The van der Waals surface area contributed by atoms with Gasteiger partial charge in [0.1, 0.15) is 0 Å². The van der Waals surface area contributed by atoms with Crippen LogP contribution < -0.4 is 11.1 Å². The highest BCUT2D eigenvalue weighted by molar-refractivity contribution is 5.58. The molecule has 1 aromatic rings. The summed E-state index contributed by atoms with van der Waals surface area (Å²) in [5.41, 5.74) is 4.91. The largest absolute Gasteiger partial charge is 0.418 e. The lowest BCUT2D eigenvalue weighted by Crippen LogP contribution is -2.19. The van der Waals surface area contributed by atoms with Gasteiger partial charge in [-0.2, -0.15) is 13.2 Å². The van der Waals surface area contributed by atoms with Crippen LogP contribution in [-0.4, -0.2) is 6.04 Å². The van der Waals surface area contributed by atoms with E-state index >= 15 is 0 Å². The first kappa shape index (κ1) is 14.0. The number of halogens is 3. The molecular formula is C14H19F3N2. The van der Waals surface area contributed by atoms with E-state index in [4.69, 9.17) is 5.73 Å². The summed E-state index contributed by atoms with van der Waals surface area (Å²) < 4.78 is 38.3. The maximum absolute atomic E-state index is 12.8. The van der Waals surface area contributed by atoms with Crippen molar-refractivity contribution in [3.05, 3.63) is 23.8 Å². The zero-order chi connectivity index (χ0) is 13.9. The molecule has 1 aliphatic rings. The molecule has 0 radical (unpaired) electrons. The Morgan fingerprint density at radius 3 is 2.26 bits per heavy atom. The number of alkyl halides is 3. The monoisotopic (exact) mass is 272 g/mol. The second-order valence-electron chi connectivity index (χ2n) is 5.13. The predicted molar refractivity (Wildman–Crippen MR) is 71.0 cm³/mol. The van der Waals surface area contributed by atoms with Gasteiger partial charge in [-0.15, -0.1) is 0 Å². The highest BCUT2D eigenvalue weighted by atomic mass is 19.4. The lowest BCUT2D eigenvalue weighted by Gasteiger charge is -2.19. The van der Waals surface area contributed by atoms with Crippen LogP contribution in [0.3, 0.4) is 0 Å². The fourth-order valence-electron chi connectivity index (χ4n) is 2.55. The van der Waals surface area contributed by atoms with Crippen LogP contribution in [0.5, 0.6) is 0 Å². The van der Waals surface area contributed by atoms with Gasteiger partial charge in [-0.05, 0) is 31.0 Å². The fourth-order valence-corrected chi connectivity index (χ4v) is 2.55. The number of hydrogen-bond donors (Lipinski definition) is 2. The molecule has 0 saturated heterocycles. The van der Waals surface area contributed by atoms with Crippen molar-refractivity contribution in [2.45, 2.75) is 50.7 Å². The minimum Gasteiger partial charge on any atom is -0.398 e. The molecule has 1 aromatic carbocycles. The number of nitrogen functional groups attached to an aromatic ring is 1. The maximum atomic E-state index is 12.8. The first-order valence-corrected chi connectivity index (χ1v) is 6.70. The van der Waals surface area contributed by atoms with Gasteiger partial charge in [0.05, 0.1) is 5.56 Å². The molecule has 0 atom stereocenters. The molecule has 2 rings (SSSR count). The van der Waals surface area contributed by atoms with E-state index in [0.717, 1.165) is 31.7 Å². The molecule has 1 saturated carbocycles. The lowest BCUT2D eigenvalue weighted by atomic mass is 10.1. The molecule has 0 aromatic heterocycles. The first-order valence-electron chi connectivity index (χ1n) is 6.70. The summed E-state index contributed by atoms with van der Waals surface area (Å²) >= 11 is 0. The minimum atomic E-state index is -4.40. The van der Waals surface area contributed by atoms with Crippen molar-refractivity contribution in [2.24, 2.45) is 0 Å². The molecule has 19 heavy (non-hydrogen) atoms. The zero-order valence-corrected chi connectivity index (χ0v) is 10.8. The minimum absolute atomic E-state index is 0.223. The summed E-state index contributed by atoms with van der Waals surface area (Å²) in [6, 6.07) is 4.32. The van der Waals surface area contributed by atoms with Crippen LogP contribution in [0, 0.1) is 0 Å². The molecule has 3 N–H and O–H groups in total. The first-order chi connectivity index (χ1) is 8.97. The summed E-state index contributed by atoms with van der Waals surface area (Å²) in [5, 5.41) is 3.20. The van der Waals surface area contributed by atoms with E-state index in [-0.39, 0.29) is 11.7 Å². The van der Waals surface area contributed by atoms with Crippen LogP contribution in [0.1, 0.15) is 44.1 Å². The number of rotatable bonds is 2. The molecule has 0 bridgehead atoms. The van der Waals surface area contributed by atoms with Crippen molar-refractivity contribution in [2.75, 3.05) is 11.1 Å². The number of nitrogens with one attached hydrogen (secondary N) is 1. The topological polar surface area (TPSA) is 38.0 Å². The summed E-state index contributed by atoms with van der Waals surface area (Å²) in [4.78, 5) is 0. The van der Waals surface area contributed by atoms with Crippen molar-refractivity contribution >= 4 is 11.4 Å². The fraction of sp³-hybridized carbons (Fsp3) is 0.571. The summed E-state index contributed by atoms with van der Waals surface area (Å²) in [6.45, 7) is 0. The maximum Gasteiger partial charge on any atom is 0.418 e. The average molecular weight is 272 g/mol. The number of anilines is 2. The highest BCUT2D eigenvalue weighted by Crippen LogP contribution is 2.35. The van der Waals surface area contributed by atoms with Crippen molar-refractivity contribution < 1.29 is 13.2 Å². The Balaban J connectivity index is 2.12. The number of nitrogens with two attached hydrogens (primary N) is 1. The zero-order valence-electron chi connectivity index (χ0n) is 10.8. The molecule has 1 fully saturated rings. The third kappa shape index (κ3) is 3.78. The van der Waals surface area contributed by atoms with Crippen molar-refractivity contribution in [1.29, 1.82) is 0 Å². The molecule has 2 nitrogen and oxygen atoms in total. The molecule has 5 heteroatoms. The van der Waals surface area contributed by atoms with Gasteiger partial charge in [-0.3, -0.25) is 0 Å². The molecular weight excluding hydrogens is 253 g/mol. The quantitative estimate of drug-likeness (QED) is 0.617. The molecule has 0 unspecified atom stereocenters. The normalized spacial score (nSPS) is 18.1. The van der Waals surface area contributed by atoms with E-state index in [9.17, 15) is 13.2 Å². The Hall–Kier alpha value is -1.39. The van der Waals surface area contributed by atoms with E-state index < -0.39 is 11.7 Å². The molecule has 1 aliphatic carbocycles. The molecule has 0 heterocycles. The average Bonchev–Trinajstić information content (AvgIpc) is 2.59. The molecule has 0 spiro atoms. The van der Waals surface area contributed by atoms with Gasteiger partial charge in [-0.1, -0.05) is 25.7 Å². The Morgan fingerprint density at radius 2 is 1.68 bits per heavy atom. The van der Waals surface area contributed by atoms with Gasteiger partial charge >= 0.3 is 6.18 Å². The SMILES string of the molecule is Nc1ccc(NC2CCCCCC2)cc1C(F)(F)F. The predicted octanol–water partition coefficient (Wildman–Crippen LogP) is 4.42. The highest BCUT2D eigenvalue weighted by Gasteiger charge is 2.33. The smallest absolute Gasteiger partial charge is 0.398 e. The van der Waals surface area contributed by atoms with Gasteiger partial charge in [0.2, 0.25) is 0 Å². The summed E-state index contributed by atoms with van der Waals surface area (Å²) in [7, 11) is 0. The summed E-state index contributed by atoms with van der Waals surface area (Å²) in [5.74, 6) is 0.